The molecule has 0 N–H and O–H groups in total. The van der Waals surface area contributed by atoms with Gasteiger partial charge in [0.1, 0.15) is 0 Å². The largest absolute Gasteiger partial charge is 0.0625 e. The third-order valence-electron chi connectivity index (χ3n) is 9.40. The minimum absolute atomic E-state index is 0.701. The van der Waals surface area contributed by atoms with Crippen molar-refractivity contribution < 1.29 is 0 Å². The number of rotatable bonds is 0. The van der Waals surface area contributed by atoms with E-state index >= 15 is 0 Å². The summed E-state index contributed by atoms with van der Waals surface area (Å²) in [6.07, 6.45) is 13.9. The lowest BCUT2D eigenvalue weighted by Crippen LogP contribution is -2.53. The lowest BCUT2D eigenvalue weighted by Gasteiger charge is -2.61. The predicted molar refractivity (Wildman–Crippen MR) is 90.1 cm³/mol. The summed E-state index contributed by atoms with van der Waals surface area (Å²) < 4.78 is 0. The molecule has 4 fully saturated rings. The van der Waals surface area contributed by atoms with Gasteiger partial charge in [-0.2, -0.15) is 0 Å². The Morgan fingerprint density at radius 2 is 1.43 bits per heavy atom. The molecule has 4 aliphatic rings. The summed E-state index contributed by atoms with van der Waals surface area (Å²) >= 11 is 0. The molecule has 0 heteroatoms. The first-order chi connectivity index (χ1) is 9.95. The molecular formula is C21H36. The second-order valence-corrected chi connectivity index (χ2v) is 10.1. The molecule has 0 aromatic heterocycles. The van der Waals surface area contributed by atoms with Gasteiger partial charge in [-0.3, -0.25) is 0 Å². The Morgan fingerprint density at radius 3 is 2.24 bits per heavy atom. The van der Waals surface area contributed by atoms with Crippen molar-refractivity contribution in [2.75, 3.05) is 0 Å². The Balaban J connectivity index is 1.62. The molecule has 0 radical (unpaired) electrons. The van der Waals surface area contributed by atoms with Gasteiger partial charge in [0.05, 0.1) is 0 Å². The fourth-order valence-corrected chi connectivity index (χ4v) is 7.74. The van der Waals surface area contributed by atoms with Crippen LogP contribution in [0.15, 0.2) is 0 Å². The lowest BCUT2D eigenvalue weighted by atomic mass is 9.44. The van der Waals surface area contributed by atoms with Crippen molar-refractivity contribution in [2.45, 2.75) is 85.5 Å². The summed E-state index contributed by atoms with van der Waals surface area (Å²) in [6, 6.07) is 0. The minimum atomic E-state index is 0.701. The average molecular weight is 289 g/mol. The van der Waals surface area contributed by atoms with E-state index < -0.39 is 0 Å². The molecule has 0 heterocycles. The summed E-state index contributed by atoms with van der Waals surface area (Å²) in [5.41, 5.74) is 1.41. The first-order valence-corrected chi connectivity index (χ1v) is 9.95. The summed E-state index contributed by atoms with van der Waals surface area (Å²) in [5, 5.41) is 0. The smallest absolute Gasteiger partial charge is 0.0266 e. The van der Waals surface area contributed by atoms with Crippen LogP contribution >= 0.6 is 0 Å². The van der Waals surface area contributed by atoms with Crippen LogP contribution in [0.4, 0.5) is 0 Å². The van der Waals surface area contributed by atoms with Crippen LogP contribution in [0.1, 0.15) is 85.5 Å². The maximum absolute atomic E-state index is 2.71. The van der Waals surface area contributed by atoms with Crippen LogP contribution in [0.3, 0.4) is 0 Å². The van der Waals surface area contributed by atoms with Crippen molar-refractivity contribution in [3.05, 3.63) is 0 Å². The Morgan fingerprint density at radius 1 is 0.714 bits per heavy atom. The normalized spacial score (nSPS) is 60.0. The summed E-state index contributed by atoms with van der Waals surface area (Å²) in [7, 11) is 0. The highest BCUT2D eigenvalue weighted by Crippen LogP contribution is 2.67. The van der Waals surface area contributed by atoms with E-state index in [1.165, 1.54) is 25.7 Å². The van der Waals surface area contributed by atoms with Crippen molar-refractivity contribution in [1.82, 2.24) is 0 Å². The first-order valence-electron chi connectivity index (χ1n) is 9.95. The zero-order valence-corrected chi connectivity index (χ0v) is 14.8. The highest BCUT2D eigenvalue weighted by atomic mass is 14.6. The van der Waals surface area contributed by atoms with Crippen molar-refractivity contribution in [3.8, 4) is 0 Å². The van der Waals surface area contributed by atoms with Crippen LogP contribution in [0.25, 0.3) is 0 Å². The number of fused-ring (bicyclic) bond motifs is 5. The van der Waals surface area contributed by atoms with Gasteiger partial charge in [0, 0.05) is 0 Å². The molecule has 0 aromatic carbocycles. The van der Waals surface area contributed by atoms with Crippen LogP contribution < -0.4 is 0 Å². The van der Waals surface area contributed by atoms with Crippen molar-refractivity contribution in [3.63, 3.8) is 0 Å². The summed E-state index contributed by atoms with van der Waals surface area (Å²) in [6.45, 7) is 10.4. The van der Waals surface area contributed by atoms with E-state index in [0.29, 0.717) is 10.8 Å². The van der Waals surface area contributed by atoms with Gasteiger partial charge in [-0.15, -0.1) is 0 Å². The maximum atomic E-state index is 2.71. The van der Waals surface area contributed by atoms with Crippen molar-refractivity contribution in [2.24, 2.45) is 46.3 Å². The lowest BCUT2D eigenvalue weighted by molar-refractivity contribution is -0.115. The molecular weight excluding hydrogens is 252 g/mol. The molecule has 0 saturated heterocycles. The van der Waals surface area contributed by atoms with E-state index in [9.17, 15) is 0 Å². The minimum Gasteiger partial charge on any atom is -0.0625 e. The van der Waals surface area contributed by atoms with E-state index in [1.54, 1.807) is 32.1 Å². The number of hydrogen-bond donors (Lipinski definition) is 0. The molecule has 4 aliphatic carbocycles. The van der Waals surface area contributed by atoms with E-state index in [4.69, 9.17) is 0 Å². The Labute approximate surface area is 132 Å². The van der Waals surface area contributed by atoms with Gasteiger partial charge in [-0.25, -0.2) is 0 Å². The quantitative estimate of drug-likeness (QED) is 0.490. The monoisotopic (exact) mass is 288 g/mol. The molecule has 0 spiro atoms. The Hall–Kier alpha value is 0. The molecule has 4 rings (SSSR count). The van der Waals surface area contributed by atoms with Crippen LogP contribution in [-0.4, -0.2) is 0 Å². The topological polar surface area (TPSA) is 0 Å². The molecule has 120 valence electrons. The highest BCUT2D eigenvalue weighted by molar-refractivity contribution is 5.08. The van der Waals surface area contributed by atoms with Gasteiger partial charge in [0.15, 0.2) is 0 Å². The van der Waals surface area contributed by atoms with Gasteiger partial charge in [0.25, 0.3) is 0 Å². The van der Waals surface area contributed by atoms with E-state index in [1.807, 2.05) is 0 Å². The second-order valence-electron chi connectivity index (χ2n) is 10.1. The van der Waals surface area contributed by atoms with E-state index in [2.05, 4.69) is 27.7 Å². The summed E-state index contributed by atoms with van der Waals surface area (Å²) in [5.74, 6) is 6.28. The van der Waals surface area contributed by atoms with Crippen LogP contribution in [-0.2, 0) is 0 Å². The fourth-order valence-electron chi connectivity index (χ4n) is 7.74. The van der Waals surface area contributed by atoms with E-state index in [0.717, 1.165) is 35.5 Å². The van der Waals surface area contributed by atoms with Gasteiger partial charge >= 0.3 is 0 Å². The molecule has 0 amide bonds. The first kappa shape index (κ1) is 14.6. The fraction of sp³-hybridized carbons (Fsp3) is 1.00. The third kappa shape index (κ3) is 1.93. The zero-order chi connectivity index (χ0) is 14.8. The molecule has 0 nitrogen and oxygen atoms in total. The summed E-state index contributed by atoms with van der Waals surface area (Å²) in [4.78, 5) is 0. The van der Waals surface area contributed by atoms with Crippen LogP contribution in [0, 0.1) is 46.3 Å². The average Bonchev–Trinajstić information content (AvgIpc) is 2.76. The molecule has 21 heavy (non-hydrogen) atoms. The van der Waals surface area contributed by atoms with Crippen LogP contribution in [0.5, 0.6) is 0 Å². The van der Waals surface area contributed by atoms with E-state index in [-0.39, 0.29) is 0 Å². The molecule has 1 unspecified atom stereocenters. The Kier molecular flexibility index (Phi) is 3.30. The standard InChI is InChI=1S/C21H36/c1-14-9-11-21(4)16(13-14)6-7-17-18-8-5-15(2)20(18,3)12-10-19(17)21/h14-19H,5-13H2,1-4H3/t14?,15-,16-,17-,18-,19-,20+,21-/m1/s1. The highest BCUT2D eigenvalue weighted by Gasteiger charge is 2.59. The predicted octanol–water partition coefficient (Wildman–Crippen LogP) is 6.30. The Bertz CT molecular complexity index is 412. The van der Waals surface area contributed by atoms with Gasteiger partial charge in [-0.05, 0) is 97.7 Å². The van der Waals surface area contributed by atoms with Crippen molar-refractivity contribution >= 4 is 0 Å². The molecule has 8 atom stereocenters. The zero-order valence-electron chi connectivity index (χ0n) is 14.8. The van der Waals surface area contributed by atoms with Gasteiger partial charge in [0.2, 0.25) is 0 Å². The van der Waals surface area contributed by atoms with Crippen LogP contribution in [0.2, 0.25) is 0 Å². The molecule has 0 bridgehead atoms. The van der Waals surface area contributed by atoms with Crippen molar-refractivity contribution in [1.29, 1.82) is 0 Å². The molecule has 0 aliphatic heterocycles. The molecule has 0 aromatic rings. The third-order valence-corrected chi connectivity index (χ3v) is 9.40. The second kappa shape index (κ2) is 4.75. The SMILES string of the molecule is CC1CC[C@]2(C)[C@H](CC[C@@H]3[C@H]4CC[C@@H](C)[C@]4(C)CC[C@H]32)C1. The van der Waals surface area contributed by atoms with Gasteiger partial charge < -0.3 is 0 Å². The van der Waals surface area contributed by atoms with Gasteiger partial charge in [-0.1, -0.05) is 34.1 Å². The molecule has 4 saturated carbocycles. The maximum Gasteiger partial charge on any atom is -0.0266 e. The number of hydrogen-bond acceptors (Lipinski definition) is 0.